The first-order valence-electron chi connectivity index (χ1n) is 5.76. The van der Waals surface area contributed by atoms with E-state index in [1.165, 1.54) is 0 Å². The summed E-state index contributed by atoms with van der Waals surface area (Å²) in [6.45, 7) is 4.28. The Morgan fingerprint density at radius 3 is 2.69 bits per heavy atom. The maximum Gasteiger partial charge on any atom is 0.0804 e. The molecule has 4 heteroatoms. The quantitative estimate of drug-likeness (QED) is 0.794. The fourth-order valence-corrected chi connectivity index (χ4v) is 1.94. The van der Waals surface area contributed by atoms with E-state index in [1.54, 1.807) is 7.11 Å². The van der Waals surface area contributed by atoms with Crippen molar-refractivity contribution in [2.75, 3.05) is 14.2 Å². The molecule has 0 fully saturated rings. The minimum atomic E-state index is -0.147. The Kier molecular flexibility index (Phi) is 4.50. The monoisotopic (exact) mass is 225 g/mol. The van der Waals surface area contributed by atoms with E-state index >= 15 is 0 Å². The van der Waals surface area contributed by atoms with Crippen LogP contribution < -0.4 is 5.32 Å². The first-order valence-corrected chi connectivity index (χ1v) is 5.76. The van der Waals surface area contributed by atoms with Crippen molar-refractivity contribution in [3.63, 3.8) is 0 Å². The Hall–Kier alpha value is -0.870. The molecule has 1 aromatic rings. The Labute approximate surface area is 98.0 Å². The average Bonchev–Trinajstić information content (AvgIpc) is 2.70. The predicted octanol–water partition coefficient (Wildman–Crippen LogP) is 1.37. The second kappa shape index (κ2) is 5.46. The molecule has 0 radical (unpaired) electrons. The van der Waals surface area contributed by atoms with Gasteiger partial charge in [-0.15, -0.1) is 0 Å². The largest absolute Gasteiger partial charge is 0.377 e. The van der Waals surface area contributed by atoms with Gasteiger partial charge in [0.2, 0.25) is 0 Å². The number of aromatic nitrogens is 2. The highest BCUT2D eigenvalue weighted by Crippen LogP contribution is 2.21. The van der Waals surface area contributed by atoms with E-state index in [0.717, 1.165) is 18.5 Å². The molecule has 0 bridgehead atoms. The van der Waals surface area contributed by atoms with Crippen molar-refractivity contribution >= 4 is 0 Å². The summed E-state index contributed by atoms with van der Waals surface area (Å²) in [5.74, 6) is 0. The molecule has 92 valence electrons. The molecule has 2 unspecified atom stereocenters. The molecule has 0 aliphatic rings. The fourth-order valence-electron chi connectivity index (χ4n) is 1.94. The van der Waals surface area contributed by atoms with Gasteiger partial charge >= 0.3 is 0 Å². The topological polar surface area (TPSA) is 39.1 Å². The molecule has 0 saturated heterocycles. The van der Waals surface area contributed by atoms with Crippen LogP contribution in [0.1, 0.15) is 26.0 Å². The number of methoxy groups -OCH3 is 1. The van der Waals surface area contributed by atoms with E-state index in [4.69, 9.17) is 4.74 Å². The molecule has 1 aromatic heterocycles. The normalized spacial score (nSPS) is 17.1. The average molecular weight is 225 g/mol. The molecule has 1 heterocycles. The summed E-state index contributed by atoms with van der Waals surface area (Å²) >= 11 is 0. The van der Waals surface area contributed by atoms with Gasteiger partial charge in [0.15, 0.2) is 0 Å². The third-order valence-electron chi connectivity index (χ3n) is 3.44. The van der Waals surface area contributed by atoms with Crippen LogP contribution in [0.3, 0.4) is 0 Å². The molecule has 1 rings (SSSR count). The maximum atomic E-state index is 5.62. The SMILES string of the molecule is CCC(C)(OC)C(Cc1ccn(C)n1)NC. The van der Waals surface area contributed by atoms with Crippen molar-refractivity contribution in [3.05, 3.63) is 18.0 Å². The summed E-state index contributed by atoms with van der Waals surface area (Å²) in [6, 6.07) is 2.33. The van der Waals surface area contributed by atoms with E-state index in [0.29, 0.717) is 0 Å². The van der Waals surface area contributed by atoms with E-state index in [1.807, 2.05) is 25.0 Å². The molecule has 4 nitrogen and oxygen atoms in total. The number of ether oxygens (including phenoxy) is 1. The number of aryl methyl sites for hydroxylation is 1. The van der Waals surface area contributed by atoms with Crippen LogP contribution in [0.2, 0.25) is 0 Å². The van der Waals surface area contributed by atoms with Crippen LogP contribution in [0.5, 0.6) is 0 Å². The zero-order valence-corrected chi connectivity index (χ0v) is 10.9. The zero-order valence-electron chi connectivity index (χ0n) is 10.9. The van der Waals surface area contributed by atoms with Crippen molar-refractivity contribution in [1.29, 1.82) is 0 Å². The van der Waals surface area contributed by atoms with Crippen molar-refractivity contribution < 1.29 is 4.74 Å². The summed E-state index contributed by atoms with van der Waals surface area (Å²) in [6.07, 6.45) is 3.83. The van der Waals surface area contributed by atoms with Crippen molar-refractivity contribution in [2.45, 2.75) is 38.3 Å². The van der Waals surface area contributed by atoms with Gasteiger partial charge < -0.3 is 10.1 Å². The lowest BCUT2D eigenvalue weighted by Gasteiger charge is -2.35. The lowest BCUT2D eigenvalue weighted by molar-refractivity contribution is -0.0271. The van der Waals surface area contributed by atoms with Gasteiger partial charge in [-0.2, -0.15) is 5.10 Å². The summed E-state index contributed by atoms with van der Waals surface area (Å²) in [7, 11) is 5.68. The molecule has 0 amide bonds. The standard InChI is InChI=1S/C12H23N3O/c1-6-12(2,16-5)11(13-3)9-10-7-8-15(4)14-10/h7-8,11,13H,6,9H2,1-5H3. The van der Waals surface area contributed by atoms with E-state index < -0.39 is 0 Å². The number of hydrogen-bond acceptors (Lipinski definition) is 3. The molecule has 1 N–H and O–H groups in total. The van der Waals surface area contributed by atoms with Crippen molar-refractivity contribution in [3.8, 4) is 0 Å². The third kappa shape index (κ3) is 2.83. The number of likely N-dealkylation sites (N-methyl/N-ethyl adjacent to an activating group) is 1. The predicted molar refractivity (Wildman–Crippen MR) is 65.5 cm³/mol. The van der Waals surface area contributed by atoms with Crippen LogP contribution in [0.25, 0.3) is 0 Å². The number of nitrogens with one attached hydrogen (secondary N) is 1. The second-order valence-corrected chi connectivity index (χ2v) is 4.40. The highest BCUT2D eigenvalue weighted by Gasteiger charge is 2.31. The molecule has 2 atom stereocenters. The first-order chi connectivity index (χ1) is 7.55. The van der Waals surface area contributed by atoms with Gasteiger partial charge in [0.05, 0.1) is 11.3 Å². The van der Waals surface area contributed by atoms with Crippen LogP contribution in [0.4, 0.5) is 0 Å². The smallest absolute Gasteiger partial charge is 0.0804 e. The Morgan fingerprint density at radius 2 is 2.31 bits per heavy atom. The summed E-state index contributed by atoms with van der Waals surface area (Å²) < 4.78 is 7.45. The van der Waals surface area contributed by atoms with Crippen molar-refractivity contribution in [1.82, 2.24) is 15.1 Å². The zero-order chi connectivity index (χ0) is 12.2. The third-order valence-corrected chi connectivity index (χ3v) is 3.44. The molecule has 0 aliphatic heterocycles. The maximum absolute atomic E-state index is 5.62. The molecule has 16 heavy (non-hydrogen) atoms. The summed E-state index contributed by atoms with van der Waals surface area (Å²) in [4.78, 5) is 0. The van der Waals surface area contributed by atoms with Gasteiger partial charge in [-0.25, -0.2) is 0 Å². The van der Waals surface area contributed by atoms with Gasteiger partial charge in [-0.1, -0.05) is 6.92 Å². The van der Waals surface area contributed by atoms with Gasteiger partial charge in [-0.05, 0) is 26.5 Å². The summed E-state index contributed by atoms with van der Waals surface area (Å²) in [5.41, 5.74) is 0.949. The molecular weight excluding hydrogens is 202 g/mol. The number of rotatable bonds is 6. The van der Waals surface area contributed by atoms with Gasteiger partial charge in [0.25, 0.3) is 0 Å². The lowest BCUT2D eigenvalue weighted by atomic mass is 9.90. The molecule has 0 aromatic carbocycles. The van der Waals surface area contributed by atoms with Crippen LogP contribution in [-0.2, 0) is 18.2 Å². The highest BCUT2D eigenvalue weighted by atomic mass is 16.5. The van der Waals surface area contributed by atoms with E-state index in [2.05, 4.69) is 30.3 Å². The molecule has 0 spiro atoms. The Bertz CT molecular complexity index is 318. The second-order valence-electron chi connectivity index (χ2n) is 4.40. The molecule has 0 saturated carbocycles. The minimum Gasteiger partial charge on any atom is -0.377 e. The van der Waals surface area contributed by atoms with Crippen LogP contribution in [0, 0.1) is 0 Å². The first kappa shape index (κ1) is 13.2. The Balaban J connectivity index is 2.75. The number of hydrogen-bond donors (Lipinski definition) is 1. The summed E-state index contributed by atoms with van der Waals surface area (Å²) in [5, 5.41) is 7.73. The van der Waals surface area contributed by atoms with Gasteiger partial charge in [0, 0.05) is 32.8 Å². The van der Waals surface area contributed by atoms with Crippen molar-refractivity contribution in [2.24, 2.45) is 7.05 Å². The van der Waals surface area contributed by atoms with Crippen LogP contribution in [0.15, 0.2) is 12.3 Å². The highest BCUT2D eigenvalue weighted by molar-refractivity contribution is 5.04. The van der Waals surface area contributed by atoms with Gasteiger partial charge in [0.1, 0.15) is 0 Å². The lowest BCUT2D eigenvalue weighted by Crippen LogP contribution is -2.49. The van der Waals surface area contributed by atoms with Gasteiger partial charge in [-0.3, -0.25) is 4.68 Å². The molecular formula is C12H23N3O. The molecule has 0 aliphatic carbocycles. The fraction of sp³-hybridized carbons (Fsp3) is 0.750. The van der Waals surface area contributed by atoms with Crippen LogP contribution in [-0.4, -0.2) is 35.6 Å². The Morgan fingerprint density at radius 1 is 1.62 bits per heavy atom. The number of nitrogens with zero attached hydrogens (tertiary/aromatic N) is 2. The van der Waals surface area contributed by atoms with E-state index in [-0.39, 0.29) is 11.6 Å². The van der Waals surface area contributed by atoms with Crippen LogP contribution >= 0.6 is 0 Å². The van der Waals surface area contributed by atoms with E-state index in [9.17, 15) is 0 Å². The minimum absolute atomic E-state index is 0.147.